The van der Waals surface area contributed by atoms with Crippen LogP contribution in [0.1, 0.15) is 12.2 Å². The number of ether oxygens (including phenoxy) is 1. The summed E-state index contributed by atoms with van der Waals surface area (Å²) in [4.78, 5) is 11.5. The monoisotopic (exact) mass is 278 g/mol. The summed E-state index contributed by atoms with van der Waals surface area (Å²) in [7, 11) is 1.79. The third kappa shape index (κ3) is 4.77. The highest BCUT2D eigenvalue weighted by Gasteiger charge is 2.02. The lowest BCUT2D eigenvalue weighted by molar-refractivity contribution is 0.104. The van der Waals surface area contributed by atoms with Gasteiger partial charge in [-0.15, -0.1) is 0 Å². The first-order chi connectivity index (χ1) is 9.74. The number of urea groups is 1. The lowest BCUT2D eigenvalue weighted by Crippen LogP contribution is -2.29. The summed E-state index contributed by atoms with van der Waals surface area (Å²) in [6.07, 6.45) is 5.67. The molecule has 2 heterocycles. The van der Waals surface area contributed by atoms with Crippen LogP contribution < -0.4 is 10.6 Å². The van der Waals surface area contributed by atoms with Crippen LogP contribution in [0.5, 0.6) is 0 Å². The van der Waals surface area contributed by atoms with Gasteiger partial charge in [0, 0.05) is 26.4 Å². The van der Waals surface area contributed by atoms with Crippen LogP contribution in [0.15, 0.2) is 35.2 Å². The summed E-state index contributed by atoms with van der Waals surface area (Å²) < 4.78 is 12.2. The first-order valence-electron chi connectivity index (χ1n) is 6.37. The molecule has 20 heavy (non-hydrogen) atoms. The zero-order valence-electron chi connectivity index (χ0n) is 11.3. The van der Waals surface area contributed by atoms with Crippen molar-refractivity contribution in [3.05, 3.63) is 36.5 Å². The number of furan rings is 1. The Kier molecular flexibility index (Phi) is 5.19. The highest BCUT2D eigenvalue weighted by Crippen LogP contribution is 2.03. The number of rotatable bonds is 7. The average molecular weight is 278 g/mol. The predicted octanol–water partition coefficient (Wildman–Crippen LogP) is 1.74. The van der Waals surface area contributed by atoms with Gasteiger partial charge in [0.25, 0.3) is 0 Å². The Hall–Kier alpha value is -2.28. The van der Waals surface area contributed by atoms with Crippen LogP contribution in [0, 0.1) is 0 Å². The Morgan fingerprint density at radius 1 is 1.55 bits per heavy atom. The first kappa shape index (κ1) is 14.1. The standard InChI is InChI=1S/C13H18N4O3/c1-17-9-11(8-15-17)16-13(18)14-5-3-6-19-10-12-4-2-7-20-12/h2,4,7-9H,3,5-6,10H2,1H3,(H2,14,16,18). The summed E-state index contributed by atoms with van der Waals surface area (Å²) in [6.45, 7) is 1.56. The smallest absolute Gasteiger partial charge is 0.319 e. The molecule has 0 atom stereocenters. The SMILES string of the molecule is Cn1cc(NC(=O)NCCCOCc2ccco2)cn1. The Morgan fingerprint density at radius 2 is 2.45 bits per heavy atom. The number of nitrogens with one attached hydrogen (secondary N) is 2. The number of aromatic nitrogens is 2. The lowest BCUT2D eigenvalue weighted by atomic mass is 10.4. The zero-order chi connectivity index (χ0) is 14.2. The van der Waals surface area contributed by atoms with Crippen LogP contribution in [0.2, 0.25) is 0 Å². The number of carbonyl (C=O) groups is 1. The number of anilines is 1. The molecule has 0 unspecified atom stereocenters. The molecule has 0 aliphatic heterocycles. The second-order valence-corrected chi connectivity index (χ2v) is 4.27. The van der Waals surface area contributed by atoms with Gasteiger partial charge in [0.1, 0.15) is 12.4 Å². The van der Waals surface area contributed by atoms with Crippen molar-refractivity contribution in [2.75, 3.05) is 18.5 Å². The fraction of sp³-hybridized carbons (Fsp3) is 0.385. The molecule has 2 aromatic rings. The fourth-order valence-electron chi connectivity index (χ4n) is 1.60. The molecule has 108 valence electrons. The Balaban J connectivity index is 1.51. The number of hydrogen-bond acceptors (Lipinski definition) is 4. The van der Waals surface area contributed by atoms with Crippen molar-refractivity contribution in [2.45, 2.75) is 13.0 Å². The molecule has 7 nitrogen and oxygen atoms in total. The quantitative estimate of drug-likeness (QED) is 0.756. The molecule has 2 amide bonds. The molecule has 0 saturated heterocycles. The topological polar surface area (TPSA) is 81.3 Å². The van der Waals surface area contributed by atoms with Gasteiger partial charge in [-0.3, -0.25) is 4.68 Å². The molecule has 0 aliphatic rings. The number of amides is 2. The van der Waals surface area contributed by atoms with Crippen molar-refractivity contribution in [1.29, 1.82) is 0 Å². The maximum Gasteiger partial charge on any atom is 0.319 e. The highest BCUT2D eigenvalue weighted by atomic mass is 16.5. The second-order valence-electron chi connectivity index (χ2n) is 4.27. The van der Waals surface area contributed by atoms with Crippen LogP contribution in [0.25, 0.3) is 0 Å². The van der Waals surface area contributed by atoms with Crippen LogP contribution in [-0.4, -0.2) is 29.0 Å². The van der Waals surface area contributed by atoms with Gasteiger partial charge in [0.05, 0.1) is 18.1 Å². The summed E-state index contributed by atoms with van der Waals surface area (Å²) in [6, 6.07) is 3.44. The van der Waals surface area contributed by atoms with E-state index in [0.29, 0.717) is 25.4 Å². The molecule has 2 aromatic heterocycles. The van der Waals surface area contributed by atoms with Gasteiger partial charge >= 0.3 is 6.03 Å². The van der Waals surface area contributed by atoms with Gasteiger partial charge in [-0.1, -0.05) is 0 Å². The molecule has 0 saturated carbocycles. The van der Waals surface area contributed by atoms with E-state index >= 15 is 0 Å². The van der Waals surface area contributed by atoms with E-state index in [1.165, 1.54) is 0 Å². The fourth-order valence-corrected chi connectivity index (χ4v) is 1.60. The van der Waals surface area contributed by atoms with Gasteiger partial charge in [0.2, 0.25) is 0 Å². The van der Waals surface area contributed by atoms with Gasteiger partial charge in [-0.05, 0) is 18.6 Å². The minimum Gasteiger partial charge on any atom is -0.467 e. The molecule has 2 rings (SSSR count). The minimum absolute atomic E-state index is 0.246. The number of nitrogens with zero attached hydrogens (tertiary/aromatic N) is 2. The summed E-state index contributed by atoms with van der Waals surface area (Å²) in [5.74, 6) is 0.798. The second kappa shape index (κ2) is 7.34. The lowest BCUT2D eigenvalue weighted by Gasteiger charge is -2.06. The normalized spacial score (nSPS) is 10.4. The number of carbonyl (C=O) groups excluding carboxylic acids is 1. The van der Waals surface area contributed by atoms with Crippen LogP contribution in [0.3, 0.4) is 0 Å². The van der Waals surface area contributed by atoms with Crippen LogP contribution >= 0.6 is 0 Å². The van der Waals surface area contributed by atoms with Crippen molar-refractivity contribution in [2.24, 2.45) is 7.05 Å². The van der Waals surface area contributed by atoms with Gasteiger partial charge in [-0.25, -0.2) is 4.79 Å². The maximum absolute atomic E-state index is 11.5. The first-order valence-corrected chi connectivity index (χ1v) is 6.37. The van der Waals surface area contributed by atoms with Crippen molar-refractivity contribution < 1.29 is 13.9 Å². The van der Waals surface area contributed by atoms with Crippen molar-refractivity contribution >= 4 is 11.7 Å². The third-order valence-electron chi connectivity index (χ3n) is 2.54. The molecule has 0 radical (unpaired) electrons. The van der Waals surface area contributed by atoms with E-state index in [2.05, 4.69) is 15.7 Å². The van der Waals surface area contributed by atoms with E-state index in [-0.39, 0.29) is 6.03 Å². The van der Waals surface area contributed by atoms with Crippen molar-refractivity contribution in [3.8, 4) is 0 Å². The van der Waals surface area contributed by atoms with E-state index in [1.54, 1.807) is 30.4 Å². The third-order valence-corrected chi connectivity index (χ3v) is 2.54. The summed E-state index contributed by atoms with van der Waals surface area (Å²) >= 11 is 0. The molecule has 2 N–H and O–H groups in total. The van der Waals surface area contributed by atoms with E-state index in [4.69, 9.17) is 9.15 Å². The number of aryl methyl sites for hydroxylation is 1. The van der Waals surface area contributed by atoms with Gasteiger partial charge < -0.3 is 19.8 Å². The Labute approximate surface area is 116 Å². The zero-order valence-corrected chi connectivity index (χ0v) is 11.3. The molecular formula is C13H18N4O3. The molecule has 0 fully saturated rings. The largest absolute Gasteiger partial charge is 0.467 e. The molecule has 0 aliphatic carbocycles. The molecule has 0 bridgehead atoms. The Morgan fingerprint density at radius 3 is 3.15 bits per heavy atom. The maximum atomic E-state index is 11.5. The minimum atomic E-state index is -0.246. The van der Waals surface area contributed by atoms with Crippen LogP contribution in [-0.2, 0) is 18.4 Å². The molecule has 0 spiro atoms. The highest BCUT2D eigenvalue weighted by molar-refractivity contribution is 5.88. The van der Waals surface area contributed by atoms with E-state index < -0.39 is 0 Å². The van der Waals surface area contributed by atoms with E-state index in [0.717, 1.165) is 12.2 Å². The molecule has 7 heteroatoms. The van der Waals surface area contributed by atoms with Gasteiger partial charge in [-0.2, -0.15) is 5.10 Å². The predicted molar refractivity (Wildman–Crippen MR) is 73.2 cm³/mol. The Bertz CT molecular complexity index is 521. The summed E-state index contributed by atoms with van der Waals surface area (Å²) in [5, 5.41) is 9.39. The molecule has 0 aromatic carbocycles. The summed E-state index contributed by atoms with van der Waals surface area (Å²) in [5.41, 5.74) is 0.666. The average Bonchev–Trinajstić information content (AvgIpc) is 3.05. The number of hydrogen-bond donors (Lipinski definition) is 2. The van der Waals surface area contributed by atoms with Crippen molar-refractivity contribution in [1.82, 2.24) is 15.1 Å². The van der Waals surface area contributed by atoms with Gasteiger partial charge in [0.15, 0.2) is 0 Å². The molecular weight excluding hydrogens is 260 g/mol. The van der Waals surface area contributed by atoms with E-state index in [9.17, 15) is 4.79 Å². The van der Waals surface area contributed by atoms with E-state index in [1.807, 2.05) is 12.1 Å². The van der Waals surface area contributed by atoms with Crippen molar-refractivity contribution in [3.63, 3.8) is 0 Å². The van der Waals surface area contributed by atoms with Crippen LogP contribution in [0.4, 0.5) is 10.5 Å².